The maximum Gasteiger partial charge on any atom is 0.186 e. The molecule has 0 aromatic heterocycles. The van der Waals surface area contributed by atoms with Crippen LogP contribution in [0, 0.1) is 0 Å². The molecule has 4 nitrogen and oxygen atoms in total. The molecule has 0 atom stereocenters. The van der Waals surface area contributed by atoms with Crippen LogP contribution in [0.2, 0.25) is 0 Å². The lowest BCUT2D eigenvalue weighted by Crippen LogP contribution is -2.01. The minimum absolute atomic E-state index is 0.163. The van der Waals surface area contributed by atoms with E-state index in [4.69, 9.17) is 9.78 Å². The van der Waals surface area contributed by atoms with Gasteiger partial charge < -0.3 is 5.11 Å². The van der Waals surface area contributed by atoms with Gasteiger partial charge >= 0.3 is 0 Å². The summed E-state index contributed by atoms with van der Waals surface area (Å²) in [6, 6.07) is 22.0. The first-order chi connectivity index (χ1) is 13.2. The van der Waals surface area contributed by atoms with Gasteiger partial charge in [0.1, 0.15) is 5.75 Å². The summed E-state index contributed by atoms with van der Waals surface area (Å²) in [4.78, 5) is 22.4. The second kappa shape index (κ2) is 5.88. The van der Waals surface area contributed by atoms with Gasteiger partial charge in [-0.05, 0) is 57.9 Å². The van der Waals surface area contributed by atoms with Crippen LogP contribution in [0.4, 0.5) is 0 Å². The fourth-order valence-electron chi connectivity index (χ4n) is 3.57. The number of phenolic OH excluding ortho intramolecular Hbond substituents is 1. The summed E-state index contributed by atoms with van der Waals surface area (Å²) in [7, 11) is 0. The summed E-state index contributed by atoms with van der Waals surface area (Å²) in [5.41, 5.74) is 0.670. The highest BCUT2D eigenvalue weighted by atomic mass is 17.2. The number of carbonyl (C=O) groups excluding carboxylic acids is 1. The third kappa shape index (κ3) is 2.42. The van der Waals surface area contributed by atoms with Crippen LogP contribution >= 0.6 is 0 Å². The van der Waals surface area contributed by atoms with Crippen LogP contribution < -0.4 is 9.78 Å². The summed E-state index contributed by atoms with van der Waals surface area (Å²) in [5.74, 6) is 1.24. The molecule has 4 heteroatoms. The predicted octanol–water partition coefficient (Wildman–Crippen LogP) is 5.47. The summed E-state index contributed by atoms with van der Waals surface area (Å²) >= 11 is 0. The Labute approximate surface area is 154 Å². The quantitative estimate of drug-likeness (QED) is 0.201. The lowest BCUT2D eigenvalue weighted by molar-refractivity contribution is -0.0984. The fourth-order valence-corrected chi connectivity index (χ4v) is 3.57. The minimum Gasteiger partial charge on any atom is -0.508 e. The maximum atomic E-state index is 11.4. The topological polar surface area (TPSA) is 55.8 Å². The van der Waals surface area contributed by atoms with E-state index < -0.39 is 0 Å². The van der Waals surface area contributed by atoms with E-state index in [0.717, 1.165) is 38.6 Å². The standard InChI is InChI=1S/C23H14O4/c24-13-16-2-1-14-4-11-20-21(27-26-18-8-6-17(25)7-9-18)12-5-15-3-10-19(16)22(14)23(15)20/h1-13,25H. The zero-order valence-corrected chi connectivity index (χ0v) is 14.2. The summed E-state index contributed by atoms with van der Waals surface area (Å²) < 4.78 is 0. The van der Waals surface area contributed by atoms with E-state index in [0.29, 0.717) is 17.1 Å². The molecular formula is C23H14O4. The Morgan fingerprint density at radius 1 is 0.667 bits per heavy atom. The van der Waals surface area contributed by atoms with Gasteiger partial charge in [-0.1, -0.05) is 36.4 Å². The van der Waals surface area contributed by atoms with Crippen molar-refractivity contribution in [1.82, 2.24) is 0 Å². The van der Waals surface area contributed by atoms with Crippen molar-refractivity contribution < 1.29 is 19.7 Å². The van der Waals surface area contributed by atoms with Crippen LogP contribution in [-0.4, -0.2) is 11.4 Å². The molecule has 0 aliphatic heterocycles. The monoisotopic (exact) mass is 354 g/mol. The Hall–Kier alpha value is -3.79. The molecule has 0 saturated heterocycles. The molecule has 130 valence electrons. The number of aromatic hydroxyl groups is 1. The molecule has 5 aromatic rings. The smallest absolute Gasteiger partial charge is 0.186 e. The number of hydrogen-bond acceptors (Lipinski definition) is 4. The number of hydrogen-bond donors (Lipinski definition) is 1. The van der Waals surface area contributed by atoms with Crippen LogP contribution in [0.5, 0.6) is 17.2 Å². The van der Waals surface area contributed by atoms with Gasteiger partial charge in [-0.2, -0.15) is 0 Å². The average molecular weight is 354 g/mol. The lowest BCUT2D eigenvalue weighted by atomic mass is 9.92. The van der Waals surface area contributed by atoms with E-state index >= 15 is 0 Å². The second-order valence-electron chi connectivity index (χ2n) is 6.42. The molecule has 0 saturated carbocycles. The van der Waals surface area contributed by atoms with Gasteiger partial charge in [-0.3, -0.25) is 14.6 Å². The normalized spacial score (nSPS) is 11.3. The highest BCUT2D eigenvalue weighted by Crippen LogP contribution is 2.39. The third-order valence-electron chi connectivity index (χ3n) is 4.85. The number of benzene rings is 5. The van der Waals surface area contributed by atoms with Gasteiger partial charge in [0.15, 0.2) is 17.8 Å². The molecule has 0 aliphatic carbocycles. The molecule has 27 heavy (non-hydrogen) atoms. The predicted molar refractivity (Wildman–Crippen MR) is 105 cm³/mol. The molecule has 0 spiro atoms. The first-order valence-corrected chi connectivity index (χ1v) is 8.54. The largest absolute Gasteiger partial charge is 0.508 e. The van der Waals surface area contributed by atoms with Gasteiger partial charge in [0.05, 0.1) is 0 Å². The highest BCUT2D eigenvalue weighted by Gasteiger charge is 2.14. The van der Waals surface area contributed by atoms with E-state index in [-0.39, 0.29) is 5.75 Å². The average Bonchev–Trinajstić information content (AvgIpc) is 2.72. The molecule has 5 aromatic carbocycles. The van der Waals surface area contributed by atoms with E-state index in [9.17, 15) is 9.90 Å². The van der Waals surface area contributed by atoms with Gasteiger partial charge in [-0.15, -0.1) is 0 Å². The number of carbonyl (C=O) groups is 1. The Kier molecular flexibility index (Phi) is 3.37. The first-order valence-electron chi connectivity index (χ1n) is 8.54. The van der Waals surface area contributed by atoms with Gasteiger partial charge in [0, 0.05) is 16.3 Å². The Balaban J connectivity index is 1.67. The molecular weight excluding hydrogens is 340 g/mol. The third-order valence-corrected chi connectivity index (χ3v) is 4.85. The maximum absolute atomic E-state index is 11.4. The Morgan fingerprint density at radius 3 is 2.04 bits per heavy atom. The zero-order chi connectivity index (χ0) is 18.4. The number of rotatable bonds is 4. The molecule has 0 unspecified atom stereocenters. The molecule has 0 fully saturated rings. The van der Waals surface area contributed by atoms with E-state index in [1.54, 1.807) is 12.1 Å². The van der Waals surface area contributed by atoms with Gasteiger partial charge in [0.25, 0.3) is 0 Å². The molecule has 5 rings (SSSR count). The van der Waals surface area contributed by atoms with E-state index in [1.165, 1.54) is 12.1 Å². The van der Waals surface area contributed by atoms with Gasteiger partial charge in [0.2, 0.25) is 0 Å². The Bertz CT molecular complexity index is 1290. The fraction of sp³-hybridized carbons (Fsp3) is 0. The zero-order valence-electron chi connectivity index (χ0n) is 14.2. The van der Waals surface area contributed by atoms with Crippen molar-refractivity contribution in [3.05, 3.63) is 78.4 Å². The highest BCUT2D eigenvalue weighted by molar-refractivity contribution is 6.26. The van der Waals surface area contributed by atoms with Crippen molar-refractivity contribution in [2.75, 3.05) is 0 Å². The van der Waals surface area contributed by atoms with Crippen LogP contribution in [0.1, 0.15) is 10.4 Å². The van der Waals surface area contributed by atoms with Crippen LogP contribution in [-0.2, 0) is 0 Å². The summed E-state index contributed by atoms with van der Waals surface area (Å²) in [6.45, 7) is 0. The number of phenols is 1. The summed E-state index contributed by atoms with van der Waals surface area (Å²) in [5, 5.41) is 15.4. The van der Waals surface area contributed by atoms with Crippen LogP contribution in [0.15, 0.2) is 72.8 Å². The molecule has 1 N–H and O–H groups in total. The van der Waals surface area contributed by atoms with Crippen LogP contribution in [0.25, 0.3) is 32.3 Å². The second-order valence-corrected chi connectivity index (χ2v) is 6.42. The molecule has 0 aliphatic rings. The van der Waals surface area contributed by atoms with Crippen molar-refractivity contribution in [2.24, 2.45) is 0 Å². The molecule has 0 bridgehead atoms. The summed E-state index contributed by atoms with van der Waals surface area (Å²) in [6.07, 6.45) is 0.886. The lowest BCUT2D eigenvalue weighted by Gasteiger charge is -2.14. The first kappa shape index (κ1) is 15.5. The van der Waals surface area contributed by atoms with E-state index in [1.807, 2.05) is 48.5 Å². The SMILES string of the molecule is O=Cc1ccc2ccc3c(OOc4ccc(O)cc4)ccc4ccc1c2c43. The van der Waals surface area contributed by atoms with Crippen molar-refractivity contribution >= 4 is 38.6 Å². The molecule has 0 heterocycles. The van der Waals surface area contributed by atoms with Crippen molar-refractivity contribution in [2.45, 2.75) is 0 Å². The Morgan fingerprint density at radius 2 is 1.30 bits per heavy atom. The van der Waals surface area contributed by atoms with Crippen molar-refractivity contribution in [1.29, 1.82) is 0 Å². The number of aldehydes is 1. The molecule has 0 radical (unpaired) electrons. The molecule has 0 amide bonds. The van der Waals surface area contributed by atoms with Crippen molar-refractivity contribution in [3.8, 4) is 17.2 Å². The van der Waals surface area contributed by atoms with Crippen LogP contribution in [0.3, 0.4) is 0 Å². The van der Waals surface area contributed by atoms with Crippen molar-refractivity contribution in [3.63, 3.8) is 0 Å². The minimum atomic E-state index is 0.163. The van der Waals surface area contributed by atoms with E-state index in [2.05, 4.69) is 0 Å². The van der Waals surface area contributed by atoms with Gasteiger partial charge in [-0.25, -0.2) is 0 Å².